The molecule has 2 aromatic rings. The van der Waals surface area contributed by atoms with Gasteiger partial charge in [0, 0.05) is 17.3 Å². The smallest absolute Gasteiger partial charge is 0.338 e. The number of benzene rings is 2. The van der Waals surface area contributed by atoms with E-state index < -0.39 is 34.2 Å². The first-order chi connectivity index (χ1) is 16.3. The first kappa shape index (κ1) is 26.1. The minimum Gasteiger partial charge on any atom is -0.462 e. The van der Waals surface area contributed by atoms with Crippen LogP contribution in [0.2, 0.25) is 5.02 Å². The summed E-state index contributed by atoms with van der Waals surface area (Å²) in [5, 5.41) is 3.04. The van der Waals surface area contributed by atoms with E-state index in [1.54, 1.807) is 6.92 Å². The first-order valence-electron chi connectivity index (χ1n) is 10.9. The van der Waals surface area contributed by atoms with Gasteiger partial charge in [-0.3, -0.25) is 4.79 Å². The molecule has 2 atom stereocenters. The lowest BCUT2D eigenvalue weighted by molar-refractivity contribution is -0.166. The van der Waals surface area contributed by atoms with Crippen LogP contribution in [0, 0.1) is 0 Å². The summed E-state index contributed by atoms with van der Waals surface area (Å²) in [6.45, 7) is 2.27. The quantitative estimate of drug-likeness (QED) is 0.470. The van der Waals surface area contributed by atoms with Crippen LogP contribution >= 0.6 is 11.6 Å². The predicted octanol–water partition coefficient (Wildman–Crippen LogP) is 3.35. The molecule has 34 heavy (non-hydrogen) atoms. The molecule has 0 bridgehead atoms. The average Bonchev–Trinajstić information content (AvgIpc) is 2.83. The molecule has 11 heteroatoms. The van der Waals surface area contributed by atoms with Crippen LogP contribution in [-0.4, -0.2) is 52.4 Å². The maximum absolute atomic E-state index is 13.0. The molecule has 0 saturated carbocycles. The lowest BCUT2D eigenvalue weighted by Gasteiger charge is -2.25. The van der Waals surface area contributed by atoms with Gasteiger partial charge in [-0.2, -0.15) is 4.72 Å². The van der Waals surface area contributed by atoms with Crippen LogP contribution in [0.1, 0.15) is 36.5 Å². The number of ether oxygens (including phenoxy) is 3. The van der Waals surface area contributed by atoms with Gasteiger partial charge in [-0.05, 0) is 74.7 Å². The zero-order valence-electron chi connectivity index (χ0n) is 18.7. The summed E-state index contributed by atoms with van der Waals surface area (Å²) in [6.07, 6.45) is 2.00. The summed E-state index contributed by atoms with van der Waals surface area (Å²) in [7, 11) is -4.04. The van der Waals surface area contributed by atoms with E-state index in [1.165, 1.54) is 48.5 Å². The highest BCUT2D eigenvalue weighted by atomic mass is 35.5. The van der Waals surface area contributed by atoms with Gasteiger partial charge >= 0.3 is 5.97 Å². The minimum absolute atomic E-state index is 0.0394. The van der Waals surface area contributed by atoms with Crippen LogP contribution in [0.4, 0.5) is 5.69 Å². The second-order valence-corrected chi connectivity index (χ2v) is 9.69. The van der Waals surface area contributed by atoms with Crippen molar-refractivity contribution in [3.05, 3.63) is 59.1 Å². The number of nitrogens with one attached hydrogen (secondary N) is 2. The molecular weight excluding hydrogens is 484 g/mol. The maximum Gasteiger partial charge on any atom is 0.338 e. The Morgan fingerprint density at radius 3 is 2.44 bits per heavy atom. The molecule has 1 fully saturated rings. The number of hydrogen-bond acceptors (Lipinski definition) is 7. The van der Waals surface area contributed by atoms with Crippen molar-refractivity contribution in [1.29, 1.82) is 0 Å². The number of anilines is 1. The summed E-state index contributed by atoms with van der Waals surface area (Å²) in [5.74, 6) is -1.10. The number of halogens is 1. The van der Waals surface area contributed by atoms with Gasteiger partial charge in [0.1, 0.15) is 6.04 Å². The molecule has 0 spiro atoms. The Kier molecular flexibility index (Phi) is 9.43. The fourth-order valence-electron chi connectivity index (χ4n) is 3.21. The Bertz CT molecular complexity index is 1070. The van der Waals surface area contributed by atoms with Crippen molar-refractivity contribution < 1.29 is 32.2 Å². The van der Waals surface area contributed by atoms with Crippen molar-refractivity contribution in [2.75, 3.05) is 25.1 Å². The van der Waals surface area contributed by atoms with Crippen LogP contribution in [0.25, 0.3) is 0 Å². The van der Waals surface area contributed by atoms with E-state index in [0.717, 1.165) is 12.8 Å². The fourth-order valence-corrected chi connectivity index (χ4v) is 4.52. The molecule has 0 aromatic heterocycles. The second-order valence-electron chi connectivity index (χ2n) is 7.54. The number of sulfonamides is 1. The molecule has 9 nitrogen and oxygen atoms in total. The van der Waals surface area contributed by atoms with E-state index in [9.17, 15) is 18.0 Å². The zero-order chi connectivity index (χ0) is 24.6. The standard InChI is InChI=1S/C23H27ClN2O7S/c1-2-31-23(28)16-6-10-18(11-7-16)25-22(27)20(15-33-21-5-3-4-14-32-21)26-34(29,30)19-12-8-17(24)9-13-19/h6-13,20-21,26H,2-5,14-15H2,1H3,(H,25,27). The fraction of sp³-hybridized carbons (Fsp3) is 0.391. The van der Waals surface area contributed by atoms with Crippen LogP contribution in [0.3, 0.4) is 0 Å². The molecule has 1 heterocycles. The van der Waals surface area contributed by atoms with Crippen LogP contribution in [-0.2, 0) is 29.0 Å². The average molecular weight is 511 g/mol. The van der Waals surface area contributed by atoms with E-state index in [1.807, 2.05) is 0 Å². The Morgan fingerprint density at radius 1 is 1.12 bits per heavy atom. The van der Waals surface area contributed by atoms with Gasteiger partial charge < -0.3 is 19.5 Å². The van der Waals surface area contributed by atoms with Crippen LogP contribution < -0.4 is 10.0 Å². The van der Waals surface area contributed by atoms with Gasteiger partial charge in [0.15, 0.2) is 6.29 Å². The van der Waals surface area contributed by atoms with Gasteiger partial charge in [0.2, 0.25) is 15.9 Å². The molecule has 0 radical (unpaired) electrons. The van der Waals surface area contributed by atoms with Crippen molar-refractivity contribution in [3.63, 3.8) is 0 Å². The lowest BCUT2D eigenvalue weighted by atomic mass is 10.2. The van der Waals surface area contributed by atoms with Crippen molar-refractivity contribution in [3.8, 4) is 0 Å². The van der Waals surface area contributed by atoms with E-state index in [0.29, 0.717) is 29.3 Å². The van der Waals surface area contributed by atoms with E-state index >= 15 is 0 Å². The van der Waals surface area contributed by atoms with E-state index in [4.69, 9.17) is 25.8 Å². The van der Waals surface area contributed by atoms with Gasteiger partial charge in [0.25, 0.3) is 0 Å². The highest BCUT2D eigenvalue weighted by molar-refractivity contribution is 7.89. The number of carbonyl (C=O) groups is 2. The van der Waals surface area contributed by atoms with Crippen molar-refractivity contribution in [2.45, 2.75) is 43.4 Å². The summed E-state index contributed by atoms with van der Waals surface area (Å²) in [6, 6.07) is 10.4. The maximum atomic E-state index is 13.0. The van der Waals surface area contributed by atoms with Gasteiger partial charge in [-0.25, -0.2) is 13.2 Å². The summed E-state index contributed by atoms with van der Waals surface area (Å²) in [5.41, 5.74) is 0.709. The highest BCUT2D eigenvalue weighted by Crippen LogP contribution is 2.17. The van der Waals surface area contributed by atoms with Crippen LogP contribution in [0.5, 0.6) is 0 Å². The zero-order valence-corrected chi connectivity index (χ0v) is 20.2. The Morgan fingerprint density at radius 2 is 1.82 bits per heavy atom. The van der Waals surface area contributed by atoms with Crippen molar-refractivity contribution in [2.24, 2.45) is 0 Å². The SMILES string of the molecule is CCOC(=O)c1ccc(NC(=O)C(COC2CCCCO2)NS(=O)(=O)c2ccc(Cl)cc2)cc1. The largest absolute Gasteiger partial charge is 0.462 e. The topological polar surface area (TPSA) is 120 Å². The van der Waals surface area contributed by atoms with Gasteiger partial charge in [-0.1, -0.05) is 11.6 Å². The number of hydrogen-bond donors (Lipinski definition) is 2. The third-order valence-electron chi connectivity index (χ3n) is 4.99. The normalized spacial score (nSPS) is 17.1. The third kappa shape index (κ3) is 7.51. The molecule has 3 rings (SSSR count). The molecule has 1 amide bonds. The monoisotopic (exact) mass is 510 g/mol. The first-order valence-corrected chi connectivity index (χ1v) is 12.7. The number of rotatable bonds is 10. The molecule has 0 aliphatic carbocycles. The Balaban J connectivity index is 1.72. The third-order valence-corrected chi connectivity index (χ3v) is 6.73. The van der Waals surface area contributed by atoms with Crippen LogP contribution in [0.15, 0.2) is 53.4 Å². The summed E-state index contributed by atoms with van der Waals surface area (Å²) >= 11 is 5.85. The number of amides is 1. The molecule has 2 aromatic carbocycles. The molecule has 2 unspecified atom stereocenters. The molecule has 1 aliphatic heterocycles. The second kappa shape index (κ2) is 12.3. The predicted molar refractivity (Wildman–Crippen MR) is 126 cm³/mol. The highest BCUT2D eigenvalue weighted by Gasteiger charge is 2.28. The minimum atomic E-state index is -4.04. The van der Waals surface area contributed by atoms with Gasteiger partial charge in [0.05, 0.1) is 23.7 Å². The van der Waals surface area contributed by atoms with Gasteiger partial charge in [-0.15, -0.1) is 0 Å². The molecule has 1 saturated heterocycles. The number of carbonyl (C=O) groups excluding carboxylic acids is 2. The van der Waals surface area contributed by atoms with Crippen molar-refractivity contribution >= 4 is 39.2 Å². The molecule has 2 N–H and O–H groups in total. The Labute approximate surface area is 203 Å². The molecular formula is C23H27ClN2O7S. The van der Waals surface area contributed by atoms with Crippen molar-refractivity contribution in [1.82, 2.24) is 4.72 Å². The lowest BCUT2D eigenvalue weighted by Crippen LogP contribution is -2.47. The number of esters is 1. The summed E-state index contributed by atoms with van der Waals surface area (Å²) < 4.78 is 44.3. The summed E-state index contributed by atoms with van der Waals surface area (Å²) in [4.78, 5) is 24.8. The van der Waals surface area contributed by atoms with E-state index in [2.05, 4.69) is 10.0 Å². The Hall–Kier alpha value is -2.50. The molecule has 184 valence electrons. The molecule has 1 aliphatic rings. The van der Waals surface area contributed by atoms with E-state index in [-0.39, 0.29) is 18.1 Å².